The molecule has 2 saturated carbocycles. The first-order valence-electron chi connectivity index (χ1n) is 10.1. The summed E-state index contributed by atoms with van der Waals surface area (Å²) in [6.07, 6.45) is 12.0. The molecule has 0 spiro atoms. The Kier molecular flexibility index (Phi) is 5.86. The first-order valence-corrected chi connectivity index (χ1v) is 14.4. The standard InChI is InChI=1S/C18H38N2Si2/c1-15(2)19(17-9-5-6-10-17)21-13-22(14-21)20(16(3)4)18-11-7-8-12-18/h15-18,21-22H,5-14H2,1-4H3. The molecule has 0 unspecified atom stereocenters. The second-order valence-corrected chi connectivity index (χ2v) is 16.3. The minimum absolute atomic E-state index is 0.572. The molecule has 0 aromatic heterocycles. The molecule has 0 amide bonds. The third kappa shape index (κ3) is 3.55. The molecule has 3 fully saturated rings. The van der Waals surface area contributed by atoms with Gasteiger partial charge < -0.3 is 9.13 Å². The molecule has 1 saturated heterocycles. The fraction of sp³-hybridized carbons (Fsp3) is 1.00. The van der Waals surface area contributed by atoms with Crippen molar-refractivity contribution in [3.63, 3.8) is 0 Å². The quantitative estimate of drug-likeness (QED) is 0.679. The molecule has 128 valence electrons. The summed E-state index contributed by atoms with van der Waals surface area (Å²) in [5.41, 5.74) is 3.42. The third-order valence-electron chi connectivity index (χ3n) is 6.62. The van der Waals surface area contributed by atoms with Crippen molar-refractivity contribution < 1.29 is 0 Å². The van der Waals surface area contributed by atoms with Crippen LogP contribution in [0.25, 0.3) is 0 Å². The molecular weight excluding hydrogens is 300 g/mol. The maximum Gasteiger partial charge on any atom is 0.109 e. The molecule has 0 aromatic rings. The van der Waals surface area contributed by atoms with E-state index < -0.39 is 17.9 Å². The van der Waals surface area contributed by atoms with Gasteiger partial charge in [-0.2, -0.15) is 0 Å². The van der Waals surface area contributed by atoms with Gasteiger partial charge in [0.1, 0.15) is 17.9 Å². The lowest BCUT2D eigenvalue weighted by Gasteiger charge is -2.52. The Labute approximate surface area is 142 Å². The Hall–Kier alpha value is 0.354. The van der Waals surface area contributed by atoms with Crippen molar-refractivity contribution in [2.45, 2.75) is 115 Å². The van der Waals surface area contributed by atoms with Crippen LogP contribution < -0.4 is 0 Å². The molecule has 3 rings (SSSR count). The zero-order valence-electron chi connectivity index (χ0n) is 15.4. The van der Waals surface area contributed by atoms with Gasteiger partial charge in [-0.05, 0) is 49.1 Å². The van der Waals surface area contributed by atoms with E-state index in [1.807, 2.05) is 0 Å². The second kappa shape index (κ2) is 7.50. The van der Waals surface area contributed by atoms with Gasteiger partial charge in [-0.25, -0.2) is 0 Å². The van der Waals surface area contributed by atoms with E-state index in [4.69, 9.17) is 0 Å². The summed E-state index contributed by atoms with van der Waals surface area (Å²) in [4.78, 5) is 0. The lowest BCUT2D eigenvalue weighted by molar-refractivity contribution is 0.258. The highest BCUT2D eigenvalue weighted by molar-refractivity contribution is 6.92. The monoisotopic (exact) mass is 338 g/mol. The van der Waals surface area contributed by atoms with E-state index in [0.717, 1.165) is 24.2 Å². The first kappa shape index (κ1) is 17.2. The number of nitrogens with zero attached hydrogens (tertiary/aromatic N) is 2. The summed E-state index contributed by atoms with van der Waals surface area (Å²) >= 11 is 0. The molecule has 0 bridgehead atoms. The van der Waals surface area contributed by atoms with E-state index in [9.17, 15) is 0 Å². The highest BCUT2D eigenvalue weighted by Gasteiger charge is 2.45. The molecule has 1 aliphatic heterocycles. The van der Waals surface area contributed by atoms with Crippen LogP contribution in [-0.4, -0.2) is 51.2 Å². The Morgan fingerprint density at radius 3 is 1.23 bits per heavy atom. The second-order valence-electron chi connectivity index (χ2n) is 8.74. The van der Waals surface area contributed by atoms with E-state index in [0.29, 0.717) is 0 Å². The SMILES string of the molecule is CC(C)N(C1CCCC1)[SiH]1C[SiH](N(C(C)C)C2CCCC2)C1. The van der Waals surface area contributed by atoms with E-state index in [1.165, 1.54) is 51.4 Å². The van der Waals surface area contributed by atoms with Gasteiger partial charge in [0.05, 0.1) is 0 Å². The normalized spacial score (nSPS) is 31.1. The van der Waals surface area contributed by atoms with E-state index in [2.05, 4.69) is 36.8 Å². The van der Waals surface area contributed by atoms with Crippen molar-refractivity contribution in [1.29, 1.82) is 0 Å². The van der Waals surface area contributed by atoms with Gasteiger partial charge in [0.2, 0.25) is 0 Å². The van der Waals surface area contributed by atoms with Crippen molar-refractivity contribution in [3.05, 3.63) is 0 Å². The van der Waals surface area contributed by atoms with Gasteiger partial charge in [-0.3, -0.25) is 0 Å². The first-order chi connectivity index (χ1) is 10.6. The van der Waals surface area contributed by atoms with Crippen molar-refractivity contribution >= 4 is 17.9 Å². The highest BCUT2D eigenvalue weighted by Crippen LogP contribution is 2.37. The van der Waals surface area contributed by atoms with Crippen molar-refractivity contribution in [2.24, 2.45) is 0 Å². The fourth-order valence-corrected chi connectivity index (χ4v) is 17.6. The molecular formula is C18H38N2Si2. The molecule has 1 heterocycles. The third-order valence-corrected chi connectivity index (χ3v) is 19.0. The van der Waals surface area contributed by atoms with Crippen LogP contribution in [0.1, 0.15) is 79.1 Å². The summed E-state index contributed by atoms with van der Waals surface area (Å²) in [6.45, 7) is 9.88. The molecule has 22 heavy (non-hydrogen) atoms. The predicted octanol–water partition coefficient (Wildman–Crippen LogP) is 3.83. The molecule has 0 N–H and O–H groups in total. The summed E-state index contributed by atoms with van der Waals surface area (Å²) < 4.78 is 6.15. The Balaban J connectivity index is 1.58. The van der Waals surface area contributed by atoms with Crippen LogP contribution in [0.4, 0.5) is 0 Å². The maximum atomic E-state index is 3.07. The van der Waals surface area contributed by atoms with Crippen molar-refractivity contribution in [2.75, 3.05) is 0 Å². The van der Waals surface area contributed by atoms with E-state index >= 15 is 0 Å². The summed E-state index contributed by atoms with van der Waals surface area (Å²) in [5, 5.41) is 0. The summed E-state index contributed by atoms with van der Waals surface area (Å²) in [7, 11) is -1.14. The van der Waals surface area contributed by atoms with Crippen LogP contribution >= 0.6 is 0 Å². The maximum absolute atomic E-state index is 3.07. The molecule has 2 aliphatic carbocycles. The summed E-state index contributed by atoms with van der Waals surface area (Å²) in [5.74, 6) is 0. The highest BCUT2D eigenvalue weighted by atomic mass is 28.4. The Morgan fingerprint density at radius 2 is 0.955 bits per heavy atom. The zero-order valence-corrected chi connectivity index (χ0v) is 17.7. The van der Waals surface area contributed by atoms with Crippen LogP contribution in [-0.2, 0) is 0 Å². The number of hydrogen-bond donors (Lipinski definition) is 0. The fourth-order valence-electron chi connectivity index (χ4n) is 5.73. The van der Waals surface area contributed by atoms with Crippen LogP contribution in [0.5, 0.6) is 0 Å². The van der Waals surface area contributed by atoms with Gasteiger partial charge in [0, 0.05) is 12.1 Å². The van der Waals surface area contributed by atoms with E-state index in [-0.39, 0.29) is 0 Å². The van der Waals surface area contributed by atoms with Crippen LogP contribution in [0, 0.1) is 0 Å². The molecule has 0 atom stereocenters. The number of hydrogen-bond acceptors (Lipinski definition) is 2. The molecule has 3 aliphatic rings. The van der Waals surface area contributed by atoms with Gasteiger partial charge in [-0.1, -0.05) is 53.4 Å². The molecule has 0 radical (unpaired) electrons. The zero-order chi connectivity index (χ0) is 15.7. The topological polar surface area (TPSA) is 6.48 Å². The lowest BCUT2D eigenvalue weighted by Crippen LogP contribution is -2.65. The smallest absolute Gasteiger partial charge is 0.109 e. The van der Waals surface area contributed by atoms with Crippen LogP contribution in [0.2, 0.25) is 11.3 Å². The van der Waals surface area contributed by atoms with Crippen molar-refractivity contribution in [1.82, 2.24) is 9.13 Å². The lowest BCUT2D eigenvalue weighted by atomic mass is 10.2. The van der Waals surface area contributed by atoms with Gasteiger partial charge in [-0.15, -0.1) is 0 Å². The van der Waals surface area contributed by atoms with Crippen LogP contribution in [0.15, 0.2) is 0 Å². The largest absolute Gasteiger partial charge is 0.322 e. The van der Waals surface area contributed by atoms with Gasteiger partial charge in [0.25, 0.3) is 0 Å². The minimum atomic E-state index is -0.572. The molecule has 4 heteroatoms. The van der Waals surface area contributed by atoms with Crippen molar-refractivity contribution in [3.8, 4) is 0 Å². The number of rotatable bonds is 6. The predicted molar refractivity (Wildman–Crippen MR) is 102 cm³/mol. The Morgan fingerprint density at radius 1 is 0.636 bits per heavy atom. The van der Waals surface area contributed by atoms with Gasteiger partial charge in [0.15, 0.2) is 0 Å². The average molecular weight is 339 g/mol. The van der Waals surface area contributed by atoms with Crippen LogP contribution in [0.3, 0.4) is 0 Å². The summed E-state index contributed by atoms with van der Waals surface area (Å²) in [6, 6.07) is 3.58. The Bertz CT molecular complexity index is 311. The average Bonchev–Trinajstić information content (AvgIpc) is 3.07. The minimum Gasteiger partial charge on any atom is -0.322 e. The van der Waals surface area contributed by atoms with E-state index in [1.54, 1.807) is 11.3 Å². The molecule has 0 aromatic carbocycles. The van der Waals surface area contributed by atoms with Gasteiger partial charge >= 0.3 is 0 Å². The molecule has 2 nitrogen and oxygen atoms in total.